The molecule has 4 nitrogen and oxygen atoms in total. The summed E-state index contributed by atoms with van der Waals surface area (Å²) in [4.78, 5) is 18.0. The number of nitrogens with zero attached hydrogens (tertiary/aromatic N) is 1. The van der Waals surface area contributed by atoms with Gasteiger partial charge in [0.2, 0.25) is 5.91 Å². The third kappa shape index (κ3) is 3.72. The molecule has 1 aromatic carbocycles. The molecule has 2 aromatic rings. The van der Waals surface area contributed by atoms with Crippen LogP contribution in [0.5, 0.6) is 0 Å². The van der Waals surface area contributed by atoms with Crippen molar-refractivity contribution in [3.63, 3.8) is 0 Å². The number of nitrogens with two attached hydrogens (primary N) is 1. The first-order valence-electron chi connectivity index (χ1n) is 7.52. The number of aromatic nitrogens is 1. The van der Waals surface area contributed by atoms with Crippen LogP contribution in [-0.2, 0) is 4.79 Å². The molecule has 0 saturated heterocycles. The molecule has 1 aromatic heterocycles. The lowest BCUT2D eigenvalue weighted by atomic mass is 10.0. The number of nitrogens with one attached hydrogen (secondary N) is 1. The lowest BCUT2D eigenvalue weighted by Gasteiger charge is -2.13. The average Bonchev–Trinajstić information content (AvgIpc) is 2.91. The highest BCUT2D eigenvalue weighted by atomic mass is 32.1. The van der Waals surface area contributed by atoms with Crippen LogP contribution in [0.2, 0.25) is 0 Å². The Labute approximate surface area is 135 Å². The maximum absolute atomic E-state index is 12.2. The van der Waals surface area contributed by atoms with Crippen LogP contribution in [0.1, 0.15) is 38.5 Å². The van der Waals surface area contributed by atoms with Gasteiger partial charge in [-0.25, -0.2) is 4.98 Å². The Kier molecular flexibility index (Phi) is 5.32. The number of hydrogen-bond acceptors (Lipinski definition) is 4. The minimum Gasteiger partial charge on any atom is -0.327 e. The van der Waals surface area contributed by atoms with Gasteiger partial charge in [-0.1, -0.05) is 51.1 Å². The first kappa shape index (κ1) is 16.6. The van der Waals surface area contributed by atoms with Gasteiger partial charge in [-0.3, -0.25) is 4.79 Å². The molecule has 118 valence electrons. The Morgan fingerprint density at radius 2 is 1.82 bits per heavy atom. The summed E-state index contributed by atoms with van der Waals surface area (Å²) < 4.78 is 0. The number of carbonyl (C=O) groups is 1. The van der Waals surface area contributed by atoms with Crippen LogP contribution in [0.3, 0.4) is 0 Å². The fourth-order valence-corrected chi connectivity index (χ4v) is 3.03. The summed E-state index contributed by atoms with van der Waals surface area (Å²) in [6.45, 7) is 7.93. The van der Waals surface area contributed by atoms with Crippen LogP contribution in [-0.4, -0.2) is 16.9 Å². The zero-order valence-electron chi connectivity index (χ0n) is 13.5. The number of anilines is 1. The zero-order chi connectivity index (χ0) is 16.3. The summed E-state index contributed by atoms with van der Waals surface area (Å²) in [5.41, 5.74) is 7.81. The van der Waals surface area contributed by atoms with Crippen molar-refractivity contribution in [1.29, 1.82) is 0 Å². The number of carbonyl (C=O) groups excluding carboxylic acids is 1. The predicted molar refractivity (Wildman–Crippen MR) is 93.1 cm³/mol. The SMILES string of the molecule is CC(C)c1sc(NC(=O)C(C)C(C)N)nc1-c1ccccc1. The van der Waals surface area contributed by atoms with Gasteiger partial charge in [0.1, 0.15) is 0 Å². The molecule has 0 spiro atoms. The molecule has 0 aliphatic heterocycles. The van der Waals surface area contributed by atoms with Crippen LogP contribution in [0.25, 0.3) is 11.3 Å². The number of amides is 1. The molecular weight excluding hydrogens is 294 g/mol. The molecule has 1 heterocycles. The van der Waals surface area contributed by atoms with Gasteiger partial charge in [0.25, 0.3) is 0 Å². The van der Waals surface area contributed by atoms with Gasteiger partial charge in [0.15, 0.2) is 5.13 Å². The quantitative estimate of drug-likeness (QED) is 0.880. The van der Waals surface area contributed by atoms with Gasteiger partial charge < -0.3 is 11.1 Å². The lowest BCUT2D eigenvalue weighted by molar-refractivity contribution is -0.119. The summed E-state index contributed by atoms with van der Waals surface area (Å²) in [7, 11) is 0. The van der Waals surface area contributed by atoms with Crippen molar-refractivity contribution in [3.05, 3.63) is 35.2 Å². The van der Waals surface area contributed by atoms with Crippen LogP contribution in [0.15, 0.2) is 30.3 Å². The normalized spacial score (nSPS) is 13.9. The summed E-state index contributed by atoms with van der Waals surface area (Å²) in [5, 5.41) is 3.54. The van der Waals surface area contributed by atoms with Crippen LogP contribution in [0, 0.1) is 5.92 Å². The van der Waals surface area contributed by atoms with Crippen molar-refractivity contribution in [2.24, 2.45) is 11.7 Å². The third-order valence-electron chi connectivity index (χ3n) is 3.66. The van der Waals surface area contributed by atoms with Gasteiger partial charge in [0.05, 0.1) is 11.6 Å². The molecule has 0 saturated carbocycles. The Balaban J connectivity index is 2.30. The fraction of sp³-hybridized carbons (Fsp3) is 0.412. The molecule has 2 atom stereocenters. The van der Waals surface area contributed by atoms with Crippen molar-refractivity contribution in [2.45, 2.75) is 39.7 Å². The highest BCUT2D eigenvalue weighted by molar-refractivity contribution is 7.16. The van der Waals surface area contributed by atoms with E-state index in [4.69, 9.17) is 5.73 Å². The van der Waals surface area contributed by atoms with Crippen molar-refractivity contribution in [1.82, 2.24) is 4.98 Å². The Hall–Kier alpha value is -1.72. The van der Waals surface area contributed by atoms with E-state index in [1.165, 1.54) is 16.2 Å². The van der Waals surface area contributed by atoms with E-state index < -0.39 is 0 Å². The summed E-state index contributed by atoms with van der Waals surface area (Å²) in [6, 6.07) is 9.87. The molecule has 0 bridgehead atoms. The zero-order valence-corrected chi connectivity index (χ0v) is 14.3. The Bertz CT molecular complexity index is 635. The van der Waals surface area contributed by atoms with Crippen molar-refractivity contribution in [2.75, 3.05) is 5.32 Å². The second-order valence-corrected chi connectivity index (χ2v) is 6.92. The fourth-order valence-electron chi connectivity index (χ4n) is 2.04. The van der Waals surface area contributed by atoms with Crippen molar-refractivity contribution in [3.8, 4) is 11.3 Å². The highest BCUT2D eigenvalue weighted by Crippen LogP contribution is 2.36. The van der Waals surface area contributed by atoms with E-state index in [0.29, 0.717) is 11.0 Å². The van der Waals surface area contributed by atoms with E-state index in [-0.39, 0.29) is 17.9 Å². The third-order valence-corrected chi connectivity index (χ3v) is 4.93. The monoisotopic (exact) mass is 317 g/mol. The maximum Gasteiger partial charge on any atom is 0.230 e. The van der Waals surface area contributed by atoms with E-state index in [0.717, 1.165) is 11.3 Å². The van der Waals surface area contributed by atoms with Gasteiger partial charge in [-0.2, -0.15) is 0 Å². The first-order valence-corrected chi connectivity index (χ1v) is 8.34. The molecule has 3 N–H and O–H groups in total. The van der Waals surface area contributed by atoms with Gasteiger partial charge in [-0.05, 0) is 12.8 Å². The van der Waals surface area contributed by atoms with E-state index in [9.17, 15) is 4.79 Å². The van der Waals surface area contributed by atoms with Gasteiger partial charge >= 0.3 is 0 Å². The van der Waals surface area contributed by atoms with E-state index >= 15 is 0 Å². The van der Waals surface area contributed by atoms with E-state index in [2.05, 4.69) is 24.1 Å². The van der Waals surface area contributed by atoms with Gasteiger partial charge in [0, 0.05) is 16.5 Å². The second-order valence-electron chi connectivity index (χ2n) is 5.89. The van der Waals surface area contributed by atoms with Crippen LogP contribution < -0.4 is 11.1 Å². The first-order chi connectivity index (χ1) is 10.4. The van der Waals surface area contributed by atoms with Crippen LogP contribution >= 0.6 is 11.3 Å². The minimum atomic E-state index is -0.244. The standard InChI is InChI=1S/C17H23N3OS/c1-10(2)15-14(13-8-6-5-7-9-13)19-17(22-15)20-16(21)11(3)12(4)18/h5-12H,18H2,1-4H3,(H,19,20,21). The summed E-state index contributed by atoms with van der Waals surface area (Å²) in [6.07, 6.45) is 0. The number of thiazole rings is 1. The molecule has 0 aliphatic rings. The molecule has 0 radical (unpaired) electrons. The largest absolute Gasteiger partial charge is 0.327 e. The Morgan fingerprint density at radius 3 is 2.36 bits per heavy atom. The van der Waals surface area contributed by atoms with Crippen LogP contribution in [0.4, 0.5) is 5.13 Å². The molecular formula is C17H23N3OS. The Morgan fingerprint density at radius 1 is 1.18 bits per heavy atom. The molecule has 2 unspecified atom stereocenters. The molecule has 0 fully saturated rings. The molecule has 5 heteroatoms. The minimum absolute atomic E-state index is 0.0846. The molecule has 2 rings (SSSR count). The molecule has 1 amide bonds. The second kappa shape index (κ2) is 7.03. The van der Waals surface area contributed by atoms with E-state index in [1.807, 2.05) is 44.2 Å². The predicted octanol–water partition coefficient (Wildman–Crippen LogP) is 3.86. The summed E-state index contributed by atoms with van der Waals surface area (Å²) >= 11 is 1.54. The lowest BCUT2D eigenvalue weighted by Crippen LogP contribution is -2.34. The summed E-state index contributed by atoms with van der Waals surface area (Å²) in [5.74, 6) is 0.0226. The molecule has 0 aliphatic carbocycles. The maximum atomic E-state index is 12.2. The van der Waals surface area contributed by atoms with E-state index in [1.54, 1.807) is 0 Å². The molecule has 22 heavy (non-hydrogen) atoms. The smallest absolute Gasteiger partial charge is 0.230 e. The van der Waals surface area contributed by atoms with Crippen molar-refractivity contribution >= 4 is 22.4 Å². The topological polar surface area (TPSA) is 68.0 Å². The highest BCUT2D eigenvalue weighted by Gasteiger charge is 2.21. The number of hydrogen-bond donors (Lipinski definition) is 2. The number of rotatable bonds is 5. The average molecular weight is 317 g/mol. The number of benzene rings is 1. The van der Waals surface area contributed by atoms with Crippen molar-refractivity contribution < 1.29 is 4.79 Å². The van der Waals surface area contributed by atoms with Gasteiger partial charge in [-0.15, -0.1) is 11.3 Å².